The molecule has 1 N–H and O–H groups in total. The normalized spacial score (nSPS) is 48.6. The van der Waals surface area contributed by atoms with E-state index in [1.54, 1.807) is 27.7 Å². The van der Waals surface area contributed by atoms with Gasteiger partial charge in [0.25, 0.3) is 0 Å². The van der Waals surface area contributed by atoms with Gasteiger partial charge >= 0.3 is 5.97 Å². The van der Waals surface area contributed by atoms with Crippen LogP contribution in [0.3, 0.4) is 0 Å². The zero-order valence-corrected chi connectivity index (χ0v) is 20.5. The molecule has 3 saturated carbocycles. The highest BCUT2D eigenvalue weighted by atomic mass is 32.1. The van der Waals surface area contributed by atoms with Crippen molar-refractivity contribution in [1.82, 2.24) is 0 Å². The lowest BCUT2D eigenvalue weighted by atomic mass is 9.44. The number of thiol groups is 1. The number of ether oxygens (including phenoxy) is 1. The zero-order chi connectivity index (χ0) is 24.7. The predicted molar refractivity (Wildman–Crippen MR) is 121 cm³/mol. The van der Waals surface area contributed by atoms with Gasteiger partial charge in [-0.3, -0.25) is 14.4 Å². The number of hydrogen-bond acceptors (Lipinski definition) is 5. The van der Waals surface area contributed by atoms with Gasteiger partial charge in [0.05, 0.1) is 12.0 Å². The highest BCUT2D eigenvalue weighted by Crippen LogP contribution is 2.71. The molecule has 0 unspecified atom stereocenters. The molecule has 0 saturated heterocycles. The van der Waals surface area contributed by atoms with Gasteiger partial charge in [-0.2, -0.15) is 0 Å². The van der Waals surface area contributed by atoms with E-state index in [1.807, 2.05) is 0 Å². The molecule has 9 atom stereocenters. The van der Waals surface area contributed by atoms with Crippen LogP contribution in [0.2, 0.25) is 0 Å². The van der Waals surface area contributed by atoms with Crippen molar-refractivity contribution in [1.29, 1.82) is 0 Å². The molecule has 0 amide bonds. The molecule has 5 nitrogen and oxygen atoms in total. The van der Waals surface area contributed by atoms with Crippen molar-refractivity contribution in [3.63, 3.8) is 0 Å². The van der Waals surface area contributed by atoms with E-state index in [4.69, 9.17) is 4.74 Å². The smallest absolute Gasteiger partial charge is 0.309 e. The molecule has 4 rings (SSSR count). The second-order valence-electron chi connectivity index (χ2n) is 11.1. The van der Waals surface area contributed by atoms with Gasteiger partial charge in [-0.1, -0.05) is 33.8 Å². The first-order chi connectivity index (χ1) is 15.2. The number of ketones is 1. The van der Waals surface area contributed by atoms with E-state index in [0.717, 1.165) is 6.08 Å². The Labute approximate surface area is 198 Å². The first kappa shape index (κ1) is 24.6. The Morgan fingerprint density at radius 1 is 1.24 bits per heavy atom. The van der Waals surface area contributed by atoms with Crippen LogP contribution in [-0.2, 0) is 19.1 Å². The number of fused-ring (bicyclic) bond motifs is 5. The summed E-state index contributed by atoms with van der Waals surface area (Å²) in [5, 5.41) is 10.7. The maximum atomic E-state index is 17.2. The van der Waals surface area contributed by atoms with Crippen LogP contribution in [0, 0.1) is 34.5 Å². The van der Waals surface area contributed by atoms with E-state index < -0.39 is 74.9 Å². The summed E-state index contributed by atoms with van der Waals surface area (Å²) >= 11 is 4.12. The summed E-state index contributed by atoms with van der Waals surface area (Å²) in [6.45, 7) is 8.33. The minimum Gasteiger partial charge on any atom is -0.449 e. The average molecular weight is 483 g/mol. The monoisotopic (exact) mass is 482 g/mol. The standard InChI is InChI=1S/C25H32F2O5S/c1-12(2)20(30)32-25(21(31)33)13(3)8-15-16-10-18(26)17-9-14(28)6-7-22(17,4)24(16,27)19(29)11-23(15,25)5/h6-7,9,12-13,15-16,18-19,29H,8,10-11H2,1-5H3,(H,31,33)/t13-,15+,16+,18+,19+,22+,23+,24+,25-/m1/s1. The molecule has 8 heteroatoms. The topological polar surface area (TPSA) is 80.7 Å². The first-order valence-corrected chi connectivity index (χ1v) is 12.0. The minimum atomic E-state index is -2.25. The van der Waals surface area contributed by atoms with E-state index in [2.05, 4.69) is 12.6 Å². The van der Waals surface area contributed by atoms with E-state index in [1.165, 1.54) is 19.1 Å². The Morgan fingerprint density at radius 3 is 2.45 bits per heavy atom. The summed E-state index contributed by atoms with van der Waals surface area (Å²) in [4.78, 5) is 37.6. The van der Waals surface area contributed by atoms with Gasteiger partial charge in [-0.25, -0.2) is 8.78 Å². The van der Waals surface area contributed by atoms with E-state index in [9.17, 15) is 19.5 Å². The number of aliphatic hydroxyl groups excluding tert-OH is 1. The van der Waals surface area contributed by atoms with Crippen LogP contribution in [0.15, 0.2) is 23.8 Å². The van der Waals surface area contributed by atoms with Gasteiger partial charge in [0, 0.05) is 22.7 Å². The van der Waals surface area contributed by atoms with Crippen LogP contribution < -0.4 is 0 Å². The lowest BCUT2D eigenvalue weighted by molar-refractivity contribution is -0.229. The number of esters is 1. The molecule has 0 aromatic rings. The minimum absolute atomic E-state index is 0.0465. The third-order valence-corrected chi connectivity index (χ3v) is 9.55. The zero-order valence-electron chi connectivity index (χ0n) is 19.6. The molecule has 0 aromatic carbocycles. The molecule has 182 valence electrons. The van der Waals surface area contributed by atoms with Gasteiger partial charge < -0.3 is 9.84 Å². The molecule has 0 heterocycles. The van der Waals surface area contributed by atoms with Crippen LogP contribution in [0.1, 0.15) is 53.9 Å². The maximum Gasteiger partial charge on any atom is 0.309 e. The van der Waals surface area contributed by atoms with Crippen LogP contribution in [-0.4, -0.2) is 45.5 Å². The summed E-state index contributed by atoms with van der Waals surface area (Å²) in [6.07, 6.45) is 0.549. The van der Waals surface area contributed by atoms with E-state index in [-0.39, 0.29) is 18.4 Å². The molecule has 33 heavy (non-hydrogen) atoms. The third-order valence-electron chi connectivity index (χ3n) is 9.22. The molecule has 0 radical (unpaired) electrons. The van der Waals surface area contributed by atoms with Crippen LogP contribution in [0.25, 0.3) is 0 Å². The molecular weight excluding hydrogens is 450 g/mol. The Morgan fingerprint density at radius 2 is 1.88 bits per heavy atom. The lowest BCUT2D eigenvalue weighted by Gasteiger charge is -2.63. The van der Waals surface area contributed by atoms with Crippen molar-refractivity contribution in [3.8, 4) is 0 Å². The fourth-order valence-corrected chi connectivity index (χ4v) is 8.04. The van der Waals surface area contributed by atoms with Crippen molar-refractivity contribution in [2.45, 2.75) is 77.4 Å². The highest BCUT2D eigenvalue weighted by Gasteiger charge is 2.77. The highest BCUT2D eigenvalue weighted by molar-refractivity contribution is 7.96. The van der Waals surface area contributed by atoms with Crippen molar-refractivity contribution in [2.24, 2.45) is 34.5 Å². The second-order valence-corrected chi connectivity index (χ2v) is 11.5. The van der Waals surface area contributed by atoms with Crippen molar-refractivity contribution >= 4 is 29.5 Å². The summed E-state index contributed by atoms with van der Waals surface area (Å²) < 4.78 is 38.5. The molecule has 0 spiro atoms. The number of aliphatic hydroxyl groups is 1. The largest absolute Gasteiger partial charge is 0.449 e. The number of carbonyl (C=O) groups is 3. The summed E-state index contributed by atoms with van der Waals surface area (Å²) in [5.41, 5.74) is -6.50. The van der Waals surface area contributed by atoms with Crippen LogP contribution in [0.4, 0.5) is 8.78 Å². The van der Waals surface area contributed by atoms with Crippen molar-refractivity contribution in [3.05, 3.63) is 23.8 Å². The van der Waals surface area contributed by atoms with Crippen molar-refractivity contribution in [2.75, 3.05) is 0 Å². The quantitative estimate of drug-likeness (QED) is 0.470. The molecule has 0 bridgehead atoms. The van der Waals surface area contributed by atoms with Gasteiger partial charge in [0.2, 0.25) is 5.12 Å². The Hall–Kier alpha value is -1.54. The van der Waals surface area contributed by atoms with Crippen LogP contribution >= 0.6 is 12.6 Å². The number of hydrogen-bond donors (Lipinski definition) is 2. The van der Waals surface area contributed by atoms with Gasteiger partial charge in [0.15, 0.2) is 17.1 Å². The fraction of sp³-hybridized carbons (Fsp3) is 0.720. The molecule has 4 aliphatic rings. The van der Waals surface area contributed by atoms with E-state index >= 15 is 8.78 Å². The van der Waals surface area contributed by atoms with Crippen molar-refractivity contribution < 1.29 is 33.0 Å². The second kappa shape index (κ2) is 7.48. The number of allylic oxidation sites excluding steroid dienone is 4. The van der Waals surface area contributed by atoms with E-state index in [0.29, 0.717) is 6.42 Å². The average Bonchev–Trinajstić information content (AvgIpc) is 2.93. The number of carbonyl (C=O) groups excluding carboxylic acids is 3. The molecule has 3 fully saturated rings. The predicted octanol–water partition coefficient (Wildman–Crippen LogP) is 3.95. The Kier molecular flexibility index (Phi) is 5.57. The summed E-state index contributed by atoms with van der Waals surface area (Å²) in [6, 6.07) is 0. The number of alkyl halides is 2. The van der Waals surface area contributed by atoms with Crippen LogP contribution in [0.5, 0.6) is 0 Å². The molecule has 0 aromatic heterocycles. The molecule has 4 aliphatic carbocycles. The summed E-state index contributed by atoms with van der Waals surface area (Å²) in [5.74, 6) is -3.47. The first-order valence-electron chi connectivity index (χ1n) is 11.6. The number of halogens is 2. The number of rotatable bonds is 3. The van der Waals surface area contributed by atoms with Gasteiger partial charge in [-0.15, -0.1) is 12.6 Å². The fourth-order valence-electron chi connectivity index (χ4n) is 7.52. The molecule has 0 aliphatic heterocycles. The third kappa shape index (κ3) is 2.89. The Balaban J connectivity index is 1.87. The SMILES string of the molecule is CC(C)C(=O)O[C@@]1(C(=O)S)[C@H](C)C[C@H]2[C@@H]3C[C@H](F)C4=CC(=O)C=C[C@]4(C)[C@@]3(F)[C@@H](O)C[C@@]21C. The maximum absolute atomic E-state index is 17.2. The lowest BCUT2D eigenvalue weighted by Crippen LogP contribution is -2.70. The summed E-state index contributed by atoms with van der Waals surface area (Å²) in [7, 11) is 0. The Bertz CT molecular complexity index is 978. The van der Waals surface area contributed by atoms with Gasteiger partial charge in [0.1, 0.15) is 6.17 Å². The van der Waals surface area contributed by atoms with Gasteiger partial charge in [-0.05, 0) is 49.8 Å². The molecular formula is C25H32F2O5S.